The lowest BCUT2D eigenvalue weighted by atomic mass is 10.0. The first-order valence-electron chi connectivity index (χ1n) is 6.61. The second kappa shape index (κ2) is 6.43. The van der Waals surface area contributed by atoms with Gasteiger partial charge in [0.05, 0.1) is 0 Å². The SMILES string of the molecule is CCNc1ccc(C(=O)NC(C)C(C)C)cc1C. The maximum Gasteiger partial charge on any atom is 0.251 e. The molecule has 1 amide bonds. The molecule has 0 radical (unpaired) electrons. The molecule has 3 nitrogen and oxygen atoms in total. The Bertz CT molecular complexity index is 413. The number of carbonyl (C=O) groups excluding carboxylic acids is 1. The lowest BCUT2D eigenvalue weighted by molar-refractivity contribution is 0.0930. The normalized spacial score (nSPS) is 12.3. The standard InChI is InChI=1S/C15H24N2O/c1-6-16-14-8-7-13(9-11(14)4)15(18)17-12(5)10(2)3/h7-10,12,16H,6H2,1-5H3,(H,17,18). The minimum atomic E-state index is 0.00217. The van der Waals surface area contributed by atoms with Crippen molar-refractivity contribution in [2.24, 2.45) is 5.92 Å². The largest absolute Gasteiger partial charge is 0.385 e. The first-order valence-corrected chi connectivity index (χ1v) is 6.61. The van der Waals surface area contributed by atoms with Gasteiger partial charge in [0, 0.05) is 23.8 Å². The number of benzene rings is 1. The Morgan fingerprint density at radius 2 is 1.94 bits per heavy atom. The highest BCUT2D eigenvalue weighted by atomic mass is 16.1. The Morgan fingerprint density at radius 1 is 1.28 bits per heavy atom. The van der Waals surface area contributed by atoms with Gasteiger partial charge in [0.2, 0.25) is 0 Å². The minimum Gasteiger partial charge on any atom is -0.385 e. The molecule has 0 aliphatic rings. The quantitative estimate of drug-likeness (QED) is 0.840. The van der Waals surface area contributed by atoms with Crippen LogP contribution < -0.4 is 10.6 Å². The summed E-state index contributed by atoms with van der Waals surface area (Å²) >= 11 is 0. The smallest absolute Gasteiger partial charge is 0.251 e. The monoisotopic (exact) mass is 248 g/mol. The molecule has 0 aliphatic heterocycles. The van der Waals surface area contributed by atoms with Crippen molar-refractivity contribution in [3.8, 4) is 0 Å². The van der Waals surface area contributed by atoms with Crippen molar-refractivity contribution in [2.45, 2.75) is 40.7 Å². The van der Waals surface area contributed by atoms with Crippen LogP contribution in [0.15, 0.2) is 18.2 Å². The number of nitrogens with one attached hydrogen (secondary N) is 2. The summed E-state index contributed by atoms with van der Waals surface area (Å²) < 4.78 is 0. The summed E-state index contributed by atoms with van der Waals surface area (Å²) in [5.41, 5.74) is 2.91. The Balaban J connectivity index is 2.78. The number of hydrogen-bond donors (Lipinski definition) is 2. The van der Waals surface area contributed by atoms with Gasteiger partial charge in [0.25, 0.3) is 5.91 Å². The molecule has 0 bridgehead atoms. The maximum absolute atomic E-state index is 12.0. The van der Waals surface area contributed by atoms with Crippen molar-refractivity contribution < 1.29 is 4.79 Å². The second-order valence-electron chi connectivity index (χ2n) is 5.07. The first kappa shape index (κ1) is 14.6. The minimum absolute atomic E-state index is 0.00217. The molecule has 0 saturated carbocycles. The zero-order chi connectivity index (χ0) is 13.7. The predicted molar refractivity (Wildman–Crippen MR) is 77.1 cm³/mol. The molecule has 1 aromatic rings. The molecule has 1 atom stereocenters. The van der Waals surface area contributed by atoms with E-state index in [1.807, 2.05) is 32.0 Å². The number of anilines is 1. The predicted octanol–water partition coefficient (Wildman–Crippen LogP) is 3.20. The Hall–Kier alpha value is -1.51. The van der Waals surface area contributed by atoms with Gasteiger partial charge >= 0.3 is 0 Å². The van der Waals surface area contributed by atoms with Crippen molar-refractivity contribution in [3.05, 3.63) is 29.3 Å². The van der Waals surface area contributed by atoms with Crippen molar-refractivity contribution in [3.63, 3.8) is 0 Å². The third-order valence-corrected chi connectivity index (χ3v) is 3.21. The maximum atomic E-state index is 12.0. The van der Waals surface area contributed by atoms with Crippen molar-refractivity contribution in [1.29, 1.82) is 0 Å². The van der Waals surface area contributed by atoms with Crippen LogP contribution in [0.3, 0.4) is 0 Å². The summed E-state index contributed by atoms with van der Waals surface area (Å²) in [7, 11) is 0. The van der Waals surface area contributed by atoms with E-state index in [0.717, 1.165) is 23.4 Å². The van der Waals surface area contributed by atoms with Gasteiger partial charge < -0.3 is 10.6 Å². The van der Waals surface area contributed by atoms with Crippen LogP contribution in [0.2, 0.25) is 0 Å². The molecule has 0 saturated heterocycles. The fourth-order valence-corrected chi connectivity index (χ4v) is 1.65. The van der Waals surface area contributed by atoms with Crippen LogP contribution in [0.5, 0.6) is 0 Å². The number of rotatable bonds is 5. The summed E-state index contributed by atoms with van der Waals surface area (Å²) in [5, 5.41) is 6.28. The van der Waals surface area contributed by atoms with Gasteiger partial charge in [-0.3, -0.25) is 4.79 Å². The summed E-state index contributed by atoms with van der Waals surface area (Å²) in [5.74, 6) is 0.443. The van der Waals surface area contributed by atoms with E-state index in [1.165, 1.54) is 0 Å². The van der Waals surface area contributed by atoms with Crippen LogP contribution in [0, 0.1) is 12.8 Å². The van der Waals surface area contributed by atoms with Crippen LogP contribution >= 0.6 is 0 Å². The average Bonchev–Trinajstić information content (AvgIpc) is 2.31. The summed E-state index contributed by atoms with van der Waals surface area (Å²) in [6.45, 7) is 11.2. The van der Waals surface area contributed by atoms with Crippen LogP contribution in [0.4, 0.5) is 5.69 Å². The molecule has 2 N–H and O–H groups in total. The summed E-state index contributed by atoms with van der Waals surface area (Å²) in [6, 6.07) is 5.95. The number of amides is 1. The van der Waals surface area contributed by atoms with E-state index in [9.17, 15) is 4.79 Å². The molecular weight excluding hydrogens is 224 g/mol. The molecule has 1 rings (SSSR count). The lowest BCUT2D eigenvalue weighted by Crippen LogP contribution is -2.36. The topological polar surface area (TPSA) is 41.1 Å². The van der Waals surface area contributed by atoms with Crippen LogP contribution in [0.25, 0.3) is 0 Å². The van der Waals surface area contributed by atoms with Gasteiger partial charge in [-0.05, 0) is 50.5 Å². The number of aryl methyl sites for hydroxylation is 1. The highest BCUT2D eigenvalue weighted by Crippen LogP contribution is 2.16. The van der Waals surface area contributed by atoms with E-state index < -0.39 is 0 Å². The van der Waals surface area contributed by atoms with E-state index in [0.29, 0.717) is 5.92 Å². The first-order chi connectivity index (χ1) is 8.45. The van der Waals surface area contributed by atoms with Gasteiger partial charge in [-0.1, -0.05) is 13.8 Å². The second-order valence-corrected chi connectivity index (χ2v) is 5.07. The van der Waals surface area contributed by atoms with Gasteiger partial charge in [0.15, 0.2) is 0 Å². The van der Waals surface area contributed by atoms with Crippen LogP contribution in [-0.2, 0) is 0 Å². The van der Waals surface area contributed by atoms with Crippen LogP contribution in [-0.4, -0.2) is 18.5 Å². The van der Waals surface area contributed by atoms with Gasteiger partial charge in [-0.15, -0.1) is 0 Å². The lowest BCUT2D eigenvalue weighted by Gasteiger charge is -2.18. The fraction of sp³-hybridized carbons (Fsp3) is 0.533. The van der Waals surface area contributed by atoms with Crippen LogP contribution in [0.1, 0.15) is 43.6 Å². The molecule has 3 heteroatoms. The summed E-state index contributed by atoms with van der Waals surface area (Å²) in [4.78, 5) is 12.0. The summed E-state index contributed by atoms with van der Waals surface area (Å²) in [6.07, 6.45) is 0. The third kappa shape index (κ3) is 3.76. The number of hydrogen-bond acceptors (Lipinski definition) is 2. The number of carbonyl (C=O) groups is 1. The molecule has 0 heterocycles. The molecule has 1 aromatic carbocycles. The molecule has 0 fully saturated rings. The molecule has 0 aromatic heterocycles. The van der Waals surface area contributed by atoms with E-state index in [2.05, 4.69) is 31.4 Å². The average molecular weight is 248 g/mol. The third-order valence-electron chi connectivity index (χ3n) is 3.21. The molecule has 1 unspecified atom stereocenters. The molecule has 0 aliphatic carbocycles. The van der Waals surface area contributed by atoms with Gasteiger partial charge in [-0.2, -0.15) is 0 Å². The molecule has 18 heavy (non-hydrogen) atoms. The van der Waals surface area contributed by atoms with E-state index >= 15 is 0 Å². The van der Waals surface area contributed by atoms with Gasteiger partial charge in [0.1, 0.15) is 0 Å². The Morgan fingerprint density at radius 3 is 2.44 bits per heavy atom. The zero-order valence-electron chi connectivity index (χ0n) is 12.0. The van der Waals surface area contributed by atoms with Gasteiger partial charge in [-0.25, -0.2) is 0 Å². The van der Waals surface area contributed by atoms with Crippen molar-refractivity contribution in [1.82, 2.24) is 5.32 Å². The molecule has 0 spiro atoms. The molecule has 100 valence electrons. The van der Waals surface area contributed by atoms with E-state index in [-0.39, 0.29) is 11.9 Å². The highest BCUT2D eigenvalue weighted by molar-refractivity contribution is 5.95. The molecular formula is C15H24N2O. The highest BCUT2D eigenvalue weighted by Gasteiger charge is 2.13. The van der Waals surface area contributed by atoms with E-state index in [1.54, 1.807) is 0 Å². The Labute approximate surface area is 110 Å². The Kier molecular flexibility index (Phi) is 5.20. The zero-order valence-corrected chi connectivity index (χ0v) is 12.0. The van der Waals surface area contributed by atoms with Crippen molar-refractivity contribution >= 4 is 11.6 Å². The fourth-order valence-electron chi connectivity index (χ4n) is 1.65. The van der Waals surface area contributed by atoms with E-state index in [4.69, 9.17) is 0 Å². The van der Waals surface area contributed by atoms with Crippen molar-refractivity contribution in [2.75, 3.05) is 11.9 Å².